The van der Waals surface area contributed by atoms with Crippen molar-refractivity contribution in [3.8, 4) is 0 Å². The van der Waals surface area contributed by atoms with E-state index in [9.17, 15) is 9.59 Å². The van der Waals surface area contributed by atoms with Crippen LogP contribution in [-0.4, -0.2) is 37.6 Å². The quantitative estimate of drug-likeness (QED) is 0.765. The highest BCUT2D eigenvalue weighted by Gasteiger charge is 2.15. The normalized spacial score (nSPS) is 15.3. The molecule has 0 bridgehead atoms. The summed E-state index contributed by atoms with van der Waals surface area (Å²) < 4.78 is 5.25. The van der Waals surface area contributed by atoms with Crippen LogP contribution >= 0.6 is 0 Å². The predicted molar refractivity (Wildman–Crippen MR) is 81.2 cm³/mol. The van der Waals surface area contributed by atoms with E-state index in [1.165, 1.54) is 6.92 Å². The Morgan fingerprint density at radius 2 is 1.95 bits per heavy atom. The lowest BCUT2D eigenvalue weighted by Crippen LogP contribution is -2.41. The summed E-state index contributed by atoms with van der Waals surface area (Å²) in [6.45, 7) is 3.08. The Kier molecular flexibility index (Phi) is 5.57. The molecule has 1 heterocycles. The fraction of sp³-hybridized carbons (Fsp3) is 0.467. The fourth-order valence-electron chi connectivity index (χ4n) is 2.21. The molecule has 0 radical (unpaired) electrons. The summed E-state index contributed by atoms with van der Waals surface area (Å²) in [6, 6.07) is 7.48. The molecule has 1 aromatic rings. The summed E-state index contributed by atoms with van der Waals surface area (Å²) in [5.74, 6) is -0.156. The molecule has 0 unspecified atom stereocenters. The first-order valence-electron chi connectivity index (χ1n) is 7.12. The van der Waals surface area contributed by atoms with Crippen molar-refractivity contribution in [1.29, 1.82) is 0 Å². The molecule has 2 amide bonds. The van der Waals surface area contributed by atoms with Gasteiger partial charge in [0.1, 0.15) is 0 Å². The molecule has 1 aliphatic rings. The van der Waals surface area contributed by atoms with Gasteiger partial charge in [-0.05, 0) is 31.0 Å². The number of carbonyl (C=O) groups is 2. The van der Waals surface area contributed by atoms with Crippen molar-refractivity contribution in [2.75, 3.05) is 30.4 Å². The molecule has 0 aromatic heterocycles. The number of ether oxygens (including phenoxy) is 1. The van der Waals surface area contributed by atoms with E-state index < -0.39 is 0 Å². The van der Waals surface area contributed by atoms with Gasteiger partial charge in [0.15, 0.2) is 0 Å². The number of hydrogen-bond donors (Lipinski definition) is 3. The second kappa shape index (κ2) is 7.64. The molecule has 6 heteroatoms. The van der Waals surface area contributed by atoms with Crippen LogP contribution in [0.2, 0.25) is 0 Å². The molecule has 114 valence electrons. The number of anilines is 2. The average Bonchev–Trinajstić information content (AvgIpc) is 2.46. The third-order valence-corrected chi connectivity index (χ3v) is 3.22. The number of amides is 2. The van der Waals surface area contributed by atoms with Crippen LogP contribution in [-0.2, 0) is 14.3 Å². The summed E-state index contributed by atoms with van der Waals surface area (Å²) in [6.07, 6.45) is 1.73. The zero-order valence-corrected chi connectivity index (χ0v) is 12.1. The van der Waals surface area contributed by atoms with Crippen molar-refractivity contribution >= 4 is 23.2 Å². The third kappa shape index (κ3) is 5.43. The topological polar surface area (TPSA) is 79.5 Å². The minimum Gasteiger partial charge on any atom is -0.381 e. The van der Waals surface area contributed by atoms with Crippen LogP contribution in [0.15, 0.2) is 24.3 Å². The summed E-state index contributed by atoms with van der Waals surface area (Å²) in [7, 11) is 0. The third-order valence-electron chi connectivity index (χ3n) is 3.22. The van der Waals surface area contributed by atoms with Gasteiger partial charge in [-0.1, -0.05) is 6.07 Å². The molecule has 21 heavy (non-hydrogen) atoms. The van der Waals surface area contributed by atoms with Crippen LogP contribution in [0.25, 0.3) is 0 Å². The Hall–Kier alpha value is -2.08. The van der Waals surface area contributed by atoms with Gasteiger partial charge in [0.25, 0.3) is 0 Å². The Morgan fingerprint density at radius 1 is 1.24 bits per heavy atom. The smallest absolute Gasteiger partial charge is 0.239 e. The average molecular weight is 291 g/mol. The van der Waals surface area contributed by atoms with E-state index in [2.05, 4.69) is 16.0 Å². The number of hydrogen-bond acceptors (Lipinski definition) is 4. The Balaban J connectivity index is 1.79. The molecule has 0 atom stereocenters. The van der Waals surface area contributed by atoms with Gasteiger partial charge in [-0.25, -0.2) is 0 Å². The molecule has 1 fully saturated rings. The van der Waals surface area contributed by atoms with Crippen molar-refractivity contribution in [2.24, 2.45) is 0 Å². The van der Waals surface area contributed by atoms with Gasteiger partial charge in [-0.15, -0.1) is 0 Å². The first-order chi connectivity index (χ1) is 10.1. The molecule has 0 aliphatic carbocycles. The lowest BCUT2D eigenvalue weighted by molar-refractivity contribution is -0.120. The second-order valence-corrected chi connectivity index (χ2v) is 5.07. The van der Waals surface area contributed by atoms with E-state index in [0.717, 1.165) is 18.5 Å². The zero-order valence-electron chi connectivity index (χ0n) is 12.1. The maximum absolute atomic E-state index is 11.9. The Morgan fingerprint density at radius 3 is 2.67 bits per heavy atom. The first-order valence-corrected chi connectivity index (χ1v) is 7.12. The van der Waals surface area contributed by atoms with Crippen LogP contribution in [0.3, 0.4) is 0 Å². The maximum atomic E-state index is 11.9. The predicted octanol–water partition coefficient (Wildman–Crippen LogP) is 1.35. The second-order valence-electron chi connectivity index (χ2n) is 5.07. The van der Waals surface area contributed by atoms with Gasteiger partial charge >= 0.3 is 0 Å². The lowest BCUT2D eigenvalue weighted by atomic mass is 10.1. The minimum atomic E-state index is -0.121. The van der Waals surface area contributed by atoms with Crippen LogP contribution in [0.5, 0.6) is 0 Å². The molecule has 3 N–H and O–H groups in total. The number of rotatable bonds is 5. The molecule has 2 rings (SSSR count). The lowest BCUT2D eigenvalue weighted by Gasteiger charge is -2.23. The maximum Gasteiger partial charge on any atom is 0.239 e. The molecule has 0 saturated carbocycles. The van der Waals surface area contributed by atoms with Crippen molar-refractivity contribution in [1.82, 2.24) is 5.32 Å². The van der Waals surface area contributed by atoms with E-state index in [-0.39, 0.29) is 24.4 Å². The highest BCUT2D eigenvalue weighted by Crippen LogP contribution is 2.14. The van der Waals surface area contributed by atoms with Crippen LogP contribution < -0.4 is 16.0 Å². The molecule has 1 saturated heterocycles. The van der Waals surface area contributed by atoms with Gasteiger partial charge in [0, 0.05) is 37.6 Å². The number of carbonyl (C=O) groups excluding carboxylic acids is 2. The molecule has 6 nitrogen and oxygen atoms in total. The van der Waals surface area contributed by atoms with Crippen molar-refractivity contribution in [2.45, 2.75) is 25.8 Å². The molecular formula is C15H21N3O3. The molecule has 1 aliphatic heterocycles. The standard InChI is InChI=1S/C15H21N3O3/c1-11(19)17-14-4-2-3-13(9-14)16-10-15(20)18-12-5-7-21-8-6-12/h2-4,9,12,16H,5-8,10H2,1H3,(H,17,19)(H,18,20). The van der Waals surface area contributed by atoms with Gasteiger partial charge in [0.2, 0.25) is 11.8 Å². The van der Waals surface area contributed by atoms with Crippen molar-refractivity contribution in [3.05, 3.63) is 24.3 Å². The van der Waals surface area contributed by atoms with E-state index >= 15 is 0 Å². The molecular weight excluding hydrogens is 270 g/mol. The van der Waals surface area contributed by atoms with Gasteiger partial charge in [-0.3, -0.25) is 9.59 Å². The SMILES string of the molecule is CC(=O)Nc1cccc(NCC(=O)NC2CCOCC2)c1. The fourth-order valence-corrected chi connectivity index (χ4v) is 2.21. The summed E-state index contributed by atoms with van der Waals surface area (Å²) >= 11 is 0. The largest absolute Gasteiger partial charge is 0.381 e. The van der Waals surface area contributed by atoms with Crippen LogP contribution in [0.4, 0.5) is 11.4 Å². The van der Waals surface area contributed by atoms with Crippen molar-refractivity contribution < 1.29 is 14.3 Å². The highest BCUT2D eigenvalue weighted by molar-refractivity contribution is 5.89. The summed E-state index contributed by atoms with van der Waals surface area (Å²) in [5, 5.41) is 8.74. The van der Waals surface area contributed by atoms with Crippen molar-refractivity contribution in [3.63, 3.8) is 0 Å². The summed E-state index contributed by atoms with van der Waals surface area (Å²) in [5.41, 5.74) is 1.50. The van der Waals surface area contributed by atoms with Gasteiger partial charge in [-0.2, -0.15) is 0 Å². The highest BCUT2D eigenvalue weighted by atomic mass is 16.5. The van der Waals surface area contributed by atoms with E-state index in [1.807, 2.05) is 12.1 Å². The van der Waals surface area contributed by atoms with Gasteiger partial charge in [0.05, 0.1) is 6.54 Å². The monoisotopic (exact) mass is 291 g/mol. The Labute approximate surface area is 124 Å². The number of nitrogens with one attached hydrogen (secondary N) is 3. The minimum absolute atomic E-state index is 0.0353. The van der Waals surface area contributed by atoms with Crippen LogP contribution in [0, 0.1) is 0 Å². The summed E-state index contributed by atoms with van der Waals surface area (Å²) in [4.78, 5) is 22.9. The first kappa shape index (κ1) is 15.3. The Bertz CT molecular complexity index is 499. The van der Waals surface area contributed by atoms with E-state index in [0.29, 0.717) is 18.9 Å². The van der Waals surface area contributed by atoms with E-state index in [1.54, 1.807) is 12.1 Å². The van der Waals surface area contributed by atoms with E-state index in [4.69, 9.17) is 4.74 Å². The molecule has 1 aromatic carbocycles. The number of benzene rings is 1. The zero-order chi connectivity index (χ0) is 15.1. The van der Waals surface area contributed by atoms with Gasteiger partial charge < -0.3 is 20.7 Å². The molecule has 0 spiro atoms. The van der Waals surface area contributed by atoms with Crippen LogP contribution in [0.1, 0.15) is 19.8 Å².